The van der Waals surface area contributed by atoms with Crippen LogP contribution in [0.3, 0.4) is 0 Å². The Morgan fingerprint density at radius 1 is 1.09 bits per heavy atom. The highest BCUT2D eigenvalue weighted by molar-refractivity contribution is 5.25. The molecule has 0 bridgehead atoms. The van der Waals surface area contributed by atoms with Crippen LogP contribution in [0.15, 0.2) is 23.8 Å². The highest BCUT2D eigenvalue weighted by Gasteiger charge is 2.15. The summed E-state index contributed by atoms with van der Waals surface area (Å²) in [5, 5.41) is 0. The smallest absolute Gasteiger partial charge is 0.0162 e. The minimum atomic E-state index is 0.919. The van der Waals surface area contributed by atoms with Crippen molar-refractivity contribution >= 4 is 0 Å². The Morgan fingerprint density at radius 3 is 3.09 bits per heavy atom. The van der Waals surface area contributed by atoms with Crippen molar-refractivity contribution in [3.63, 3.8) is 0 Å². The molecule has 0 fully saturated rings. The molecule has 0 aliphatic heterocycles. The van der Waals surface area contributed by atoms with E-state index in [1.165, 1.54) is 38.5 Å². The average Bonchev–Trinajstić information content (AvgIpc) is 2.28. The largest absolute Gasteiger partial charge is 0.0842 e. The van der Waals surface area contributed by atoms with Crippen LogP contribution in [0.25, 0.3) is 0 Å². The number of fused-ring (bicyclic) bond motifs is 1. The summed E-state index contributed by atoms with van der Waals surface area (Å²) in [7, 11) is 0. The molecule has 0 aromatic carbocycles. The molecule has 0 spiro atoms. The highest BCUT2D eigenvalue weighted by Crippen LogP contribution is 2.31. The highest BCUT2D eigenvalue weighted by atomic mass is 14.2. The molecule has 2 rings (SSSR count). The van der Waals surface area contributed by atoms with Crippen molar-refractivity contribution in [2.45, 2.75) is 38.5 Å². The van der Waals surface area contributed by atoms with Gasteiger partial charge in [-0.3, -0.25) is 0 Å². The molecule has 0 saturated heterocycles. The maximum absolute atomic E-state index is 2.45. The summed E-state index contributed by atoms with van der Waals surface area (Å²) in [6.07, 6.45) is 15.4. The summed E-state index contributed by atoms with van der Waals surface area (Å²) < 4.78 is 0. The molecule has 1 atom stereocenters. The van der Waals surface area contributed by atoms with Crippen molar-refractivity contribution in [1.29, 1.82) is 0 Å². The first kappa shape index (κ1) is 7.15. The SMILES string of the molecule is C1=CC2=CCCCCC2CC1. The molecule has 2 aliphatic carbocycles. The molecule has 0 heterocycles. The van der Waals surface area contributed by atoms with Crippen LogP contribution in [-0.4, -0.2) is 0 Å². The van der Waals surface area contributed by atoms with Gasteiger partial charge in [-0.15, -0.1) is 0 Å². The van der Waals surface area contributed by atoms with Gasteiger partial charge in [0.05, 0.1) is 0 Å². The van der Waals surface area contributed by atoms with Crippen molar-refractivity contribution in [2.75, 3.05) is 0 Å². The number of allylic oxidation sites excluding steroid dienone is 4. The molecule has 0 N–H and O–H groups in total. The van der Waals surface area contributed by atoms with Gasteiger partial charge in [-0.1, -0.05) is 24.6 Å². The van der Waals surface area contributed by atoms with E-state index in [1.807, 2.05) is 0 Å². The molecule has 1 unspecified atom stereocenters. The molecule has 0 aromatic heterocycles. The first-order valence-electron chi connectivity index (χ1n) is 4.83. The molecule has 0 aromatic rings. The van der Waals surface area contributed by atoms with E-state index in [-0.39, 0.29) is 0 Å². The first-order chi connectivity index (χ1) is 5.47. The molecular weight excluding hydrogens is 132 g/mol. The molecule has 0 saturated carbocycles. The Balaban J connectivity index is 2.16. The van der Waals surface area contributed by atoms with Gasteiger partial charge >= 0.3 is 0 Å². The molecule has 11 heavy (non-hydrogen) atoms. The second-order valence-electron chi connectivity index (χ2n) is 3.67. The number of hydrogen-bond acceptors (Lipinski definition) is 0. The zero-order chi connectivity index (χ0) is 7.52. The summed E-state index contributed by atoms with van der Waals surface area (Å²) in [6.45, 7) is 0. The lowest BCUT2D eigenvalue weighted by atomic mass is 9.87. The Kier molecular flexibility index (Phi) is 2.11. The standard InChI is InChI=1S/C11H16/c1-2-6-10-8-4-5-9-11(10)7-3-1/h4,6,8,11H,1-3,5,7,9H2. The lowest BCUT2D eigenvalue weighted by Crippen LogP contribution is -2.04. The van der Waals surface area contributed by atoms with Gasteiger partial charge in [0.1, 0.15) is 0 Å². The van der Waals surface area contributed by atoms with E-state index >= 15 is 0 Å². The number of rotatable bonds is 0. The molecule has 0 radical (unpaired) electrons. The van der Waals surface area contributed by atoms with Crippen molar-refractivity contribution in [1.82, 2.24) is 0 Å². The van der Waals surface area contributed by atoms with Gasteiger partial charge in [0.2, 0.25) is 0 Å². The van der Waals surface area contributed by atoms with Gasteiger partial charge < -0.3 is 0 Å². The third kappa shape index (κ3) is 1.55. The maximum Gasteiger partial charge on any atom is -0.0162 e. The Hall–Kier alpha value is -0.520. The predicted molar refractivity (Wildman–Crippen MR) is 48.4 cm³/mol. The Bertz CT molecular complexity index is 186. The van der Waals surface area contributed by atoms with Crippen molar-refractivity contribution < 1.29 is 0 Å². The first-order valence-corrected chi connectivity index (χ1v) is 4.83. The van der Waals surface area contributed by atoms with Crippen molar-refractivity contribution in [3.8, 4) is 0 Å². The fraction of sp³-hybridized carbons (Fsp3) is 0.636. The quantitative estimate of drug-likeness (QED) is 0.493. The third-order valence-corrected chi connectivity index (χ3v) is 2.85. The van der Waals surface area contributed by atoms with Crippen molar-refractivity contribution in [2.24, 2.45) is 5.92 Å². The molecule has 0 nitrogen and oxygen atoms in total. The topological polar surface area (TPSA) is 0 Å². The normalized spacial score (nSPS) is 30.5. The van der Waals surface area contributed by atoms with Crippen LogP contribution in [0.5, 0.6) is 0 Å². The second kappa shape index (κ2) is 3.25. The third-order valence-electron chi connectivity index (χ3n) is 2.85. The molecule has 2 aliphatic rings. The van der Waals surface area contributed by atoms with Crippen LogP contribution < -0.4 is 0 Å². The van der Waals surface area contributed by atoms with E-state index in [9.17, 15) is 0 Å². The van der Waals surface area contributed by atoms with Crippen LogP contribution in [0, 0.1) is 5.92 Å². The van der Waals surface area contributed by atoms with Crippen LogP contribution in [0.1, 0.15) is 38.5 Å². The zero-order valence-electron chi connectivity index (χ0n) is 7.05. The van der Waals surface area contributed by atoms with E-state index in [0.717, 1.165) is 5.92 Å². The lowest BCUT2D eigenvalue weighted by molar-refractivity contribution is 0.506. The van der Waals surface area contributed by atoms with Gasteiger partial charge in [0.15, 0.2) is 0 Å². The van der Waals surface area contributed by atoms with Gasteiger partial charge in [-0.25, -0.2) is 0 Å². The summed E-state index contributed by atoms with van der Waals surface area (Å²) in [5.74, 6) is 0.919. The van der Waals surface area contributed by atoms with Crippen LogP contribution in [0.2, 0.25) is 0 Å². The van der Waals surface area contributed by atoms with Gasteiger partial charge in [0, 0.05) is 0 Å². The zero-order valence-corrected chi connectivity index (χ0v) is 7.05. The number of hydrogen-bond donors (Lipinski definition) is 0. The van der Waals surface area contributed by atoms with E-state index < -0.39 is 0 Å². The monoisotopic (exact) mass is 148 g/mol. The van der Waals surface area contributed by atoms with Gasteiger partial charge in [-0.05, 0) is 43.6 Å². The maximum atomic E-state index is 2.45. The van der Waals surface area contributed by atoms with E-state index in [0.29, 0.717) is 0 Å². The molecule has 0 heteroatoms. The van der Waals surface area contributed by atoms with Crippen molar-refractivity contribution in [3.05, 3.63) is 23.8 Å². The van der Waals surface area contributed by atoms with Gasteiger partial charge in [-0.2, -0.15) is 0 Å². The minimum Gasteiger partial charge on any atom is -0.0842 e. The average molecular weight is 148 g/mol. The Labute approximate surface area is 69.0 Å². The molecule has 60 valence electrons. The van der Waals surface area contributed by atoms with Crippen LogP contribution in [0.4, 0.5) is 0 Å². The summed E-state index contributed by atoms with van der Waals surface area (Å²) in [5.41, 5.74) is 1.63. The molecule has 0 amide bonds. The van der Waals surface area contributed by atoms with E-state index in [2.05, 4.69) is 18.2 Å². The Morgan fingerprint density at radius 2 is 2.09 bits per heavy atom. The summed E-state index contributed by atoms with van der Waals surface area (Å²) >= 11 is 0. The van der Waals surface area contributed by atoms with Crippen LogP contribution in [-0.2, 0) is 0 Å². The minimum absolute atomic E-state index is 0.919. The lowest BCUT2D eigenvalue weighted by Gasteiger charge is -2.19. The molecular formula is C11H16. The summed E-state index contributed by atoms with van der Waals surface area (Å²) in [4.78, 5) is 0. The van der Waals surface area contributed by atoms with E-state index in [4.69, 9.17) is 0 Å². The fourth-order valence-electron chi connectivity index (χ4n) is 2.17. The second-order valence-corrected chi connectivity index (χ2v) is 3.67. The van der Waals surface area contributed by atoms with E-state index in [1.54, 1.807) is 5.57 Å². The fourth-order valence-corrected chi connectivity index (χ4v) is 2.17. The predicted octanol–water partition coefficient (Wildman–Crippen LogP) is 3.45. The summed E-state index contributed by atoms with van der Waals surface area (Å²) in [6, 6.07) is 0. The van der Waals surface area contributed by atoms with Crippen LogP contribution >= 0.6 is 0 Å². The van der Waals surface area contributed by atoms with Gasteiger partial charge in [0.25, 0.3) is 0 Å².